The maximum absolute atomic E-state index is 14.2. The van der Waals surface area contributed by atoms with Crippen molar-refractivity contribution in [3.8, 4) is 5.69 Å². The summed E-state index contributed by atoms with van der Waals surface area (Å²) in [5, 5.41) is 2.16. The fraction of sp³-hybridized carbons (Fsp3) is 0.161. The van der Waals surface area contributed by atoms with Gasteiger partial charge in [-0.25, -0.2) is 9.38 Å². The van der Waals surface area contributed by atoms with Gasteiger partial charge in [0.05, 0.1) is 21.3 Å². The molecule has 0 N–H and O–H groups in total. The monoisotopic (exact) mass is 571 g/mol. The molecule has 2 aromatic carbocycles. The summed E-state index contributed by atoms with van der Waals surface area (Å²) in [6.07, 6.45) is 3.76. The maximum Gasteiger partial charge on any atom is 0.271 e. The van der Waals surface area contributed by atoms with Crippen molar-refractivity contribution in [2.75, 3.05) is 0 Å². The van der Waals surface area contributed by atoms with Gasteiger partial charge in [-0.15, -0.1) is 11.3 Å². The molecule has 5 aromatic rings. The van der Waals surface area contributed by atoms with E-state index >= 15 is 0 Å². The number of halogens is 2. The molecule has 0 radical (unpaired) electrons. The zero-order valence-electron chi connectivity index (χ0n) is 21.2. The van der Waals surface area contributed by atoms with Crippen LogP contribution >= 0.6 is 34.3 Å². The van der Waals surface area contributed by atoms with Crippen LogP contribution in [-0.2, 0) is 6.42 Å². The van der Waals surface area contributed by atoms with Gasteiger partial charge < -0.3 is 4.57 Å². The maximum atomic E-state index is 14.2. The van der Waals surface area contributed by atoms with Gasteiger partial charge in [-0.1, -0.05) is 53.3 Å². The molecule has 3 aromatic heterocycles. The zero-order chi connectivity index (χ0) is 26.8. The highest BCUT2D eigenvalue weighted by molar-refractivity contribution is 7.10. The van der Waals surface area contributed by atoms with E-state index in [0.717, 1.165) is 45.9 Å². The molecule has 2 aliphatic rings. The van der Waals surface area contributed by atoms with Crippen LogP contribution in [0.1, 0.15) is 45.4 Å². The van der Waals surface area contributed by atoms with Gasteiger partial charge in [-0.3, -0.25) is 9.36 Å². The third kappa shape index (κ3) is 3.91. The van der Waals surface area contributed by atoms with E-state index in [2.05, 4.69) is 35.7 Å². The Bertz CT molecular complexity index is 2000. The quantitative estimate of drug-likeness (QED) is 0.241. The molecule has 194 valence electrons. The summed E-state index contributed by atoms with van der Waals surface area (Å²) in [5.74, 6) is -0.462. The average molecular weight is 572 g/mol. The molecule has 0 unspecified atom stereocenters. The minimum absolute atomic E-state index is 0.0371. The van der Waals surface area contributed by atoms with E-state index in [-0.39, 0.29) is 16.6 Å². The van der Waals surface area contributed by atoms with Crippen LogP contribution in [0, 0.1) is 19.7 Å². The molecule has 1 aliphatic carbocycles. The number of thiazole rings is 1. The Morgan fingerprint density at radius 1 is 1.08 bits per heavy atom. The van der Waals surface area contributed by atoms with Gasteiger partial charge in [0.1, 0.15) is 5.82 Å². The topological polar surface area (TPSA) is 39.3 Å². The van der Waals surface area contributed by atoms with Crippen molar-refractivity contribution in [1.29, 1.82) is 0 Å². The van der Waals surface area contributed by atoms with E-state index in [1.165, 1.54) is 28.5 Å². The van der Waals surface area contributed by atoms with Crippen LogP contribution < -0.4 is 14.9 Å². The van der Waals surface area contributed by atoms with E-state index in [4.69, 9.17) is 16.6 Å². The van der Waals surface area contributed by atoms with E-state index in [1.54, 1.807) is 23.5 Å². The standard InChI is InChI=1S/C31H23ClFN3OS2/c1-17-14-20(18(2)35(17)21-10-12-24(32)25(33)16-21)15-27-30(37)36-29(26-8-5-13-38-26)23-11-9-19-6-3-4-7-22(19)28(23)34-31(36)39-27/h3-8,10,12-16,29H,9,11H2,1-2H3/b27-15-/t29-/m1/s1. The van der Waals surface area contributed by atoms with Crippen molar-refractivity contribution >= 4 is 46.0 Å². The molecule has 0 saturated carbocycles. The summed E-state index contributed by atoms with van der Waals surface area (Å²) < 4.78 is 18.7. The first-order valence-corrected chi connectivity index (χ1v) is 14.8. The molecule has 8 heteroatoms. The molecule has 39 heavy (non-hydrogen) atoms. The molecule has 0 bridgehead atoms. The second-order valence-electron chi connectivity index (χ2n) is 9.89. The summed E-state index contributed by atoms with van der Waals surface area (Å²) >= 11 is 9.01. The molecular weight excluding hydrogens is 549 g/mol. The van der Waals surface area contributed by atoms with Crippen molar-refractivity contribution in [3.05, 3.63) is 135 Å². The number of benzene rings is 2. The molecule has 4 nitrogen and oxygen atoms in total. The Morgan fingerprint density at radius 3 is 2.72 bits per heavy atom. The van der Waals surface area contributed by atoms with Gasteiger partial charge in [0.15, 0.2) is 4.80 Å². The summed E-state index contributed by atoms with van der Waals surface area (Å²) in [6.45, 7) is 3.95. The zero-order valence-corrected chi connectivity index (χ0v) is 23.6. The summed E-state index contributed by atoms with van der Waals surface area (Å²) in [6, 6.07) is 19.3. The van der Waals surface area contributed by atoms with Crippen molar-refractivity contribution in [3.63, 3.8) is 0 Å². The van der Waals surface area contributed by atoms with Gasteiger partial charge in [-0.2, -0.15) is 0 Å². The number of rotatable bonds is 3. The van der Waals surface area contributed by atoms with Crippen LogP contribution in [0.25, 0.3) is 17.5 Å². The number of thiophene rings is 1. The SMILES string of the molecule is Cc1cc(/C=c2\sc3n(c2=O)[C@@H](c2cccs2)C2=C(N=3)c3ccccc3CC2)c(C)n1-c1ccc(Cl)c(F)c1. The fourth-order valence-corrected chi connectivity index (χ4v) is 7.77. The van der Waals surface area contributed by atoms with Crippen LogP contribution in [0.15, 0.2) is 81.4 Å². The Balaban J connectivity index is 1.42. The van der Waals surface area contributed by atoms with E-state index in [1.807, 2.05) is 41.2 Å². The Labute approximate surface area is 237 Å². The fourth-order valence-electron chi connectivity index (χ4n) is 5.81. The van der Waals surface area contributed by atoms with Crippen LogP contribution in [0.3, 0.4) is 0 Å². The first-order chi connectivity index (χ1) is 18.9. The molecule has 0 fully saturated rings. The molecule has 7 rings (SSSR count). The second-order valence-corrected chi connectivity index (χ2v) is 12.3. The van der Waals surface area contributed by atoms with Gasteiger partial charge >= 0.3 is 0 Å². The lowest BCUT2D eigenvalue weighted by molar-refractivity contribution is 0.593. The van der Waals surface area contributed by atoms with Crippen LogP contribution in [-0.4, -0.2) is 9.13 Å². The lowest BCUT2D eigenvalue weighted by Crippen LogP contribution is -2.38. The minimum Gasteiger partial charge on any atom is -0.318 e. The molecule has 0 spiro atoms. The predicted molar refractivity (Wildman–Crippen MR) is 157 cm³/mol. The highest BCUT2D eigenvalue weighted by Gasteiger charge is 2.33. The van der Waals surface area contributed by atoms with E-state index < -0.39 is 5.82 Å². The summed E-state index contributed by atoms with van der Waals surface area (Å²) in [4.78, 5) is 20.9. The largest absolute Gasteiger partial charge is 0.318 e. The first-order valence-electron chi connectivity index (χ1n) is 12.7. The number of fused-ring (bicyclic) bond motifs is 3. The number of aryl methyl sites for hydroxylation is 2. The van der Waals surface area contributed by atoms with Gasteiger partial charge in [0, 0.05) is 27.5 Å². The van der Waals surface area contributed by atoms with Crippen molar-refractivity contribution < 1.29 is 4.39 Å². The lowest BCUT2D eigenvalue weighted by Gasteiger charge is -2.30. The van der Waals surface area contributed by atoms with E-state index in [0.29, 0.717) is 15.0 Å². The third-order valence-electron chi connectivity index (χ3n) is 7.60. The van der Waals surface area contributed by atoms with Crippen molar-refractivity contribution in [1.82, 2.24) is 9.13 Å². The highest BCUT2D eigenvalue weighted by Crippen LogP contribution is 2.42. The number of nitrogens with zero attached hydrogens (tertiary/aromatic N) is 3. The molecule has 1 atom stereocenters. The lowest BCUT2D eigenvalue weighted by atomic mass is 9.85. The number of aromatic nitrogens is 2. The van der Waals surface area contributed by atoms with Crippen LogP contribution in [0.4, 0.5) is 4.39 Å². The summed E-state index contributed by atoms with van der Waals surface area (Å²) in [5.41, 5.74) is 8.10. The van der Waals surface area contributed by atoms with Gasteiger partial charge in [0.25, 0.3) is 5.56 Å². The highest BCUT2D eigenvalue weighted by atomic mass is 35.5. The predicted octanol–water partition coefficient (Wildman–Crippen LogP) is 6.58. The number of hydrogen-bond donors (Lipinski definition) is 0. The normalized spacial score (nSPS) is 16.6. The second kappa shape index (κ2) is 9.30. The van der Waals surface area contributed by atoms with Gasteiger partial charge in [0.2, 0.25) is 0 Å². The summed E-state index contributed by atoms with van der Waals surface area (Å²) in [7, 11) is 0. The molecule has 0 saturated heterocycles. The molecule has 4 heterocycles. The molecule has 1 aliphatic heterocycles. The van der Waals surface area contributed by atoms with Gasteiger partial charge in [-0.05, 0) is 85.2 Å². The third-order valence-corrected chi connectivity index (χ3v) is 9.82. The van der Waals surface area contributed by atoms with Crippen LogP contribution in [0.2, 0.25) is 5.02 Å². The Hall–Kier alpha value is -3.52. The van der Waals surface area contributed by atoms with Crippen molar-refractivity contribution in [2.45, 2.75) is 32.7 Å². The minimum atomic E-state index is -0.462. The molecule has 0 amide bonds. The van der Waals surface area contributed by atoms with E-state index in [9.17, 15) is 9.18 Å². The van der Waals surface area contributed by atoms with Crippen LogP contribution in [0.5, 0.6) is 0 Å². The molecular formula is C31H23ClFN3OS2. The van der Waals surface area contributed by atoms with Crippen molar-refractivity contribution in [2.24, 2.45) is 4.99 Å². The first kappa shape index (κ1) is 24.5. The smallest absolute Gasteiger partial charge is 0.271 e. The Kier molecular flexibility index (Phi) is 5.84. The average Bonchev–Trinajstić information content (AvgIpc) is 3.64. The number of hydrogen-bond acceptors (Lipinski definition) is 4. The number of allylic oxidation sites excluding steroid dienone is 1. The Morgan fingerprint density at radius 2 is 1.92 bits per heavy atom.